The minimum absolute atomic E-state index is 0. The van der Waals surface area contributed by atoms with Gasteiger partial charge in [-0.05, 0) is 12.8 Å². The fourth-order valence-corrected chi connectivity index (χ4v) is 0.428. The summed E-state index contributed by atoms with van der Waals surface area (Å²) in [5.74, 6) is -1.42. The molecule has 0 atom stereocenters. The molecule has 0 amide bonds. The summed E-state index contributed by atoms with van der Waals surface area (Å²) in [6.07, 6.45) is 2.05. The second-order valence-corrected chi connectivity index (χ2v) is 5.62. The number of hydrogen-bond acceptors (Lipinski definition) is 3. The first-order chi connectivity index (χ1) is 6.95. The predicted molar refractivity (Wildman–Crippen MR) is 61.8 cm³/mol. The molecule has 0 fully saturated rings. The fraction of sp³-hybridized carbons (Fsp3) is 0.750. The first kappa shape index (κ1) is 25.1. The summed E-state index contributed by atoms with van der Waals surface area (Å²) < 4.78 is 0. The Labute approximate surface area is 112 Å². The number of rotatable bonds is 4. The van der Waals surface area contributed by atoms with Gasteiger partial charge in [0.05, 0.1) is 0 Å². The third-order valence-corrected chi connectivity index (χ3v) is 0.928. The normalized spacial score (nSPS) is 7.50. The van der Waals surface area contributed by atoms with Crippen molar-refractivity contribution in [3.8, 4) is 0 Å². The van der Waals surface area contributed by atoms with E-state index in [9.17, 15) is 9.59 Å². The molecule has 0 bridgehead atoms. The van der Waals surface area contributed by atoms with Crippen LogP contribution in [0.3, 0.4) is 0 Å². The molecule has 0 aliphatic rings. The van der Waals surface area contributed by atoms with Gasteiger partial charge < -0.3 is 16.4 Å². The Morgan fingerprint density at radius 1 is 1.00 bits per heavy atom. The zero-order valence-corrected chi connectivity index (χ0v) is 13.1. The van der Waals surface area contributed by atoms with Crippen LogP contribution < -0.4 is 6.15 Å². The molecule has 5 nitrogen and oxygen atoms in total. The van der Waals surface area contributed by atoms with Gasteiger partial charge in [-0.25, -0.2) is 0 Å². The van der Waals surface area contributed by atoms with Gasteiger partial charge in [0.15, 0.2) is 0 Å². The van der Waals surface area contributed by atoms with E-state index in [4.69, 9.17) is 29.0 Å². The Morgan fingerprint density at radius 2 is 1.19 bits per heavy atom. The second kappa shape index (κ2) is 24.4. The molecule has 0 aromatic carbocycles. The van der Waals surface area contributed by atoms with Crippen molar-refractivity contribution in [2.24, 2.45) is 0 Å². The molecule has 0 radical (unpaired) electrons. The molecule has 0 saturated heterocycles. The van der Waals surface area contributed by atoms with Crippen LogP contribution in [0.25, 0.3) is 0 Å². The molecule has 5 N–H and O–H groups in total. The fourth-order valence-electron chi connectivity index (χ4n) is 0.428. The molecule has 0 unspecified atom stereocenters. The van der Waals surface area contributed by atoms with E-state index < -0.39 is 28.4 Å². The maximum atomic E-state index is 9.60. The predicted octanol–water partition coefficient (Wildman–Crippen LogP) is 3.28. The van der Waals surface area contributed by atoms with E-state index >= 15 is 0 Å². The van der Waals surface area contributed by atoms with E-state index in [0.717, 1.165) is 12.8 Å². The van der Waals surface area contributed by atoms with E-state index in [2.05, 4.69) is 0 Å². The SMILES string of the molecule is CCCC(=O)O.CCCC(=O)O.N.[Cl][Pt][Cl]. The molecule has 0 saturated carbocycles. The molecule has 0 aromatic rings. The van der Waals surface area contributed by atoms with Gasteiger partial charge in [0, 0.05) is 12.8 Å². The number of hydrogen-bond donors (Lipinski definition) is 3. The van der Waals surface area contributed by atoms with Crippen molar-refractivity contribution >= 4 is 30.8 Å². The number of carboxylic acids is 2. The number of carbonyl (C=O) groups is 2. The zero-order valence-electron chi connectivity index (χ0n) is 9.32. The Balaban J connectivity index is -0.0000000692. The summed E-state index contributed by atoms with van der Waals surface area (Å²) in [5, 5.41) is 15.8. The van der Waals surface area contributed by atoms with Crippen molar-refractivity contribution in [1.29, 1.82) is 0 Å². The molecule has 0 rings (SSSR count). The third-order valence-electron chi connectivity index (χ3n) is 0.928. The molecule has 0 aliphatic heterocycles. The minimum atomic E-state index is -0.711. The average molecular weight is 459 g/mol. The Bertz CT molecular complexity index is 145. The standard InChI is InChI=1S/2C4H8O2.2ClH.H3N.Pt/c2*1-2-3-4(5)6;;;;/h2*2-3H2,1H3,(H,5,6);2*1H;1H3;/q;;;;;+2/p-2. The third kappa shape index (κ3) is 64.6. The number of carboxylic acid groups (broad SMARTS) is 2. The van der Waals surface area contributed by atoms with Crippen LogP contribution in [0.4, 0.5) is 0 Å². The van der Waals surface area contributed by atoms with Crippen LogP contribution >= 0.6 is 18.8 Å². The summed E-state index contributed by atoms with van der Waals surface area (Å²) in [5.41, 5.74) is 0. The molecule has 8 heteroatoms. The monoisotopic (exact) mass is 458 g/mol. The summed E-state index contributed by atoms with van der Waals surface area (Å²) in [6.45, 7) is 3.68. The van der Waals surface area contributed by atoms with Gasteiger partial charge in [-0.15, -0.1) is 0 Å². The van der Waals surface area contributed by atoms with Gasteiger partial charge in [-0.3, -0.25) is 9.59 Å². The van der Waals surface area contributed by atoms with E-state index in [1.807, 2.05) is 13.8 Å². The average Bonchev–Trinajstić information content (AvgIpc) is 2.05. The van der Waals surface area contributed by atoms with Crippen LogP contribution in [-0.2, 0) is 26.1 Å². The van der Waals surface area contributed by atoms with Crippen LogP contribution in [0.15, 0.2) is 0 Å². The first-order valence-electron chi connectivity index (χ1n) is 4.22. The maximum absolute atomic E-state index is 9.60. The van der Waals surface area contributed by atoms with Crippen molar-refractivity contribution in [2.75, 3.05) is 0 Å². The second-order valence-electron chi connectivity index (χ2n) is 2.33. The topological polar surface area (TPSA) is 110 Å². The summed E-state index contributed by atoms with van der Waals surface area (Å²) in [7, 11) is 9.75. The van der Waals surface area contributed by atoms with E-state index in [0.29, 0.717) is 12.8 Å². The molecular formula is C8H19Cl2NO4Pt. The van der Waals surface area contributed by atoms with Crippen LogP contribution in [0.1, 0.15) is 39.5 Å². The van der Waals surface area contributed by atoms with Crippen molar-refractivity contribution < 1.29 is 36.3 Å². The number of halogens is 2. The first-order valence-corrected chi connectivity index (χ1v) is 9.85. The number of aliphatic carboxylic acids is 2. The Morgan fingerprint density at radius 3 is 1.19 bits per heavy atom. The summed E-state index contributed by atoms with van der Waals surface area (Å²) >= 11 is -0.472. The van der Waals surface area contributed by atoms with Crippen molar-refractivity contribution in [3.63, 3.8) is 0 Å². The molecule has 0 aliphatic carbocycles. The van der Waals surface area contributed by atoms with Crippen molar-refractivity contribution in [1.82, 2.24) is 6.15 Å². The van der Waals surface area contributed by atoms with Gasteiger partial charge in [-0.2, -0.15) is 0 Å². The van der Waals surface area contributed by atoms with E-state index in [1.165, 1.54) is 0 Å². The molecule has 104 valence electrons. The zero-order chi connectivity index (χ0) is 12.7. The van der Waals surface area contributed by atoms with E-state index in [-0.39, 0.29) is 6.15 Å². The van der Waals surface area contributed by atoms with E-state index in [1.54, 1.807) is 0 Å². The molecule has 0 spiro atoms. The van der Waals surface area contributed by atoms with Gasteiger partial charge in [-0.1, -0.05) is 13.8 Å². The van der Waals surface area contributed by atoms with Crippen molar-refractivity contribution in [3.05, 3.63) is 0 Å². The van der Waals surface area contributed by atoms with Gasteiger partial charge in [0.25, 0.3) is 0 Å². The summed E-state index contributed by atoms with van der Waals surface area (Å²) in [6, 6.07) is 0. The van der Waals surface area contributed by atoms with Crippen LogP contribution in [0, 0.1) is 0 Å². The quantitative estimate of drug-likeness (QED) is 0.598. The Hall–Kier alpha value is 0.168. The molecule has 0 aromatic heterocycles. The Kier molecular flexibility index (Phi) is 38.3. The van der Waals surface area contributed by atoms with Crippen molar-refractivity contribution in [2.45, 2.75) is 39.5 Å². The van der Waals surface area contributed by atoms with Gasteiger partial charge >= 0.3 is 47.3 Å². The van der Waals surface area contributed by atoms with Crippen LogP contribution in [0.5, 0.6) is 0 Å². The molecular weight excluding hydrogens is 440 g/mol. The summed E-state index contributed by atoms with van der Waals surface area (Å²) in [4.78, 5) is 19.2. The van der Waals surface area contributed by atoms with Gasteiger partial charge in [0.2, 0.25) is 0 Å². The van der Waals surface area contributed by atoms with Crippen LogP contribution in [-0.4, -0.2) is 22.2 Å². The molecule has 0 heterocycles. The van der Waals surface area contributed by atoms with Crippen LogP contribution in [0.2, 0.25) is 0 Å². The molecule has 16 heavy (non-hydrogen) atoms. The van der Waals surface area contributed by atoms with Gasteiger partial charge in [0.1, 0.15) is 0 Å².